The van der Waals surface area contributed by atoms with Gasteiger partial charge in [-0.1, -0.05) is 22.8 Å². The third-order valence-electron chi connectivity index (χ3n) is 2.48. The zero-order valence-corrected chi connectivity index (χ0v) is 10.4. The fraction of sp³-hybridized carbons (Fsp3) is 0. The molecule has 19 heavy (non-hydrogen) atoms. The Morgan fingerprint density at radius 1 is 1.21 bits per heavy atom. The molecule has 0 aliphatic heterocycles. The van der Waals surface area contributed by atoms with Crippen LogP contribution >= 0.6 is 11.6 Å². The van der Waals surface area contributed by atoms with Gasteiger partial charge < -0.3 is 10.3 Å². The molecule has 0 aliphatic carbocycles. The number of rotatable bonds is 2. The maximum Gasteiger partial charge on any atom is 0.261 e. The van der Waals surface area contributed by atoms with Crippen molar-refractivity contribution in [3.8, 4) is 23.0 Å². The van der Waals surface area contributed by atoms with Crippen LogP contribution in [0.15, 0.2) is 41.3 Å². The van der Waals surface area contributed by atoms with E-state index in [0.29, 0.717) is 27.8 Å². The average Bonchev–Trinajstić information content (AvgIpc) is 2.89. The van der Waals surface area contributed by atoms with Gasteiger partial charge >= 0.3 is 0 Å². The summed E-state index contributed by atoms with van der Waals surface area (Å²) in [5.74, 6) is 0.589. The molecule has 0 bridgehead atoms. The molecular weight excluding hydrogens is 266 g/mol. The van der Waals surface area contributed by atoms with Crippen molar-refractivity contribution >= 4 is 17.3 Å². The van der Waals surface area contributed by atoms with Gasteiger partial charge in [-0.3, -0.25) is 4.98 Å². The lowest BCUT2D eigenvalue weighted by atomic mass is 10.2. The smallest absolute Gasteiger partial charge is 0.261 e. The van der Waals surface area contributed by atoms with E-state index in [1.807, 2.05) is 0 Å². The molecule has 0 saturated carbocycles. The van der Waals surface area contributed by atoms with E-state index in [0.717, 1.165) is 0 Å². The molecule has 94 valence electrons. The third kappa shape index (κ3) is 2.13. The fourth-order valence-electron chi connectivity index (χ4n) is 1.61. The van der Waals surface area contributed by atoms with Gasteiger partial charge in [0.15, 0.2) is 0 Å². The molecule has 2 aromatic heterocycles. The molecule has 2 heterocycles. The highest BCUT2D eigenvalue weighted by atomic mass is 35.5. The summed E-state index contributed by atoms with van der Waals surface area (Å²) < 4.78 is 5.17. The molecule has 1 aromatic carbocycles. The molecule has 0 saturated heterocycles. The number of hydrogen-bond donors (Lipinski definition) is 1. The quantitative estimate of drug-likeness (QED) is 0.721. The average molecular weight is 274 g/mol. The number of nitrogens with two attached hydrogens (primary N) is 1. The van der Waals surface area contributed by atoms with Gasteiger partial charge in [-0.2, -0.15) is 4.98 Å². The summed E-state index contributed by atoms with van der Waals surface area (Å²) in [6.07, 6.45) is 4.66. The number of hydrogen-bond acceptors (Lipinski definition) is 6. The molecule has 7 heteroatoms. The van der Waals surface area contributed by atoms with Crippen LogP contribution in [0.1, 0.15) is 0 Å². The van der Waals surface area contributed by atoms with E-state index in [2.05, 4.69) is 20.1 Å². The lowest BCUT2D eigenvalue weighted by Gasteiger charge is -2.01. The van der Waals surface area contributed by atoms with E-state index in [4.69, 9.17) is 21.9 Å². The number of benzene rings is 1. The molecular formula is C12H8ClN5O. The van der Waals surface area contributed by atoms with E-state index < -0.39 is 0 Å². The minimum atomic E-state index is 0.253. The van der Waals surface area contributed by atoms with Gasteiger partial charge in [0.2, 0.25) is 5.82 Å². The van der Waals surface area contributed by atoms with Crippen molar-refractivity contribution in [1.29, 1.82) is 0 Å². The van der Waals surface area contributed by atoms with Gasteiger partial charge in [0.1, 0.15) is 5.69 Å². The SMILES string of the molecule is Nc1cccc(Cl)c1-c1nc(-c2cnccn2)no1. The molecule has 0 spiro atoms. The monoisotopic (exact) mass is 273 g/mol. The molecule has 0 aliphatic rings. The van der Waals surface area contributed by atoms with Crippen LogP contribution in [-0.2, 0) is 0 Å². The maximum atomic E-state index is 6.08. The Kier molecular flexibility index (Phi) is 2.85. The predicted molar refractivity (Wildman–Crippen MR) is 70.2 cm³/mol. The predicted octanol–water partition coefficient (Wildman–Crippen LogP) is 2.43. The van der Waals surface area contributed by atoms with E-state index in [1.54, 1.807) is 36.8 Å². The Balaban J connectivity index is 2.07. The van der Waals surface area contributed by atoms with Crippen LogP contribution in [0.4, 0.5) is 5.69 Å². The number of nitrogens with zero attached hydrogens (tertiary/aromatic N) is 4. The molecule has 3 rings (SSSR count). The van der Waals surface area contributed by atoms with E-state index in [9.17, 15) is 0 Å². The Bertz CT molecular complexity index is 693. The first-order valence-corrected chi connectivity index (χ1v) is 5.78. The van der Waals surface area contributed by atoms with Crippen molar-refractivity contribution in [2.45, 2.75) is 0 Å². The van der Waals surface area contributed by atoms with Crippen molar-refractivity contribution in [2.75, 3.05) is 5.73 Å². The van der Waals surface area contributed by atoms with Crippen LogP contribution in [0.2, 0.25) is 5.02 Å². The Morgan fingerprint density at radius 3 is 2.84 bits per heavy atom. The van der Waals surface area contributed by atoms with Crippen molar-refractivity contribution in [1.82, 2.24) is 20.1 Å². The number of aromatic nitrogens is 4. The molecule has 2 N–H and O–H groups in total. The highest BCUT2D eigenvalue weighted by Gasteiger charge is 2.16. The van der Waals surface area contributed by atoms with E-state index >= 15 is 0 Å². The molecule has 0 fully saturated rings. The van der Waals surface area contributed by atoms with Crippen LogP contribution in [0.5, 0.6) is 0 Å². The Hall–Kier alpha value is -2.47. The Morgan fingerprint density at radius 2 is 2.11 bits per heavy atom. The first kappa shape index (κ1) is 11.6. The highest BCUT2D eigenvalue weighted by Crippen LogP contribution is 2.32. The summed E-state index contributed by atoms with van der Waals surface area (Å²) in [6, 6.07) is 5.17. The van der Waals surface area contributed by atoms with Crippen LogP contribution in [0.25, 0.3) is 23.0 Å². The minimum Gasteiger partial charge on any atom is -0.398 e. The van der Waals surface area contributed by atoms with Crippen molar-refractivity contribution in [2.24, 2.45) is 0 Å². The molecule has 0 amide bonds. The minimum absolute atomic E-state index is 0.253. The normalized spacial score (nSPS) is 10.6. The molecule has 3 aromatic rings. The van der Waals surface area contributed by atoms with Crippen LogP contribution < -0.4 is 5.73 Å². The first-order valence-electron chi connectivity index (χ1n) is 5.40. The van der Waals surface area contributed by atoms with Crippen molar-refractivity contribution in [3.05, 3.63) is 41.8 Å². The van der Waals surface area contributed by atoms with Gasteiger partial charge in [0.25, 0.3) is 5.89 Å². The number of halogens is 1. The number of anilines is 1. The summed E-state index contributed by atoms with van der Waals surface area (Å²) in [5, 5.41) is 4.30. The summed E-state index contributed by atoms with van der Waals surface area (Å²) >= 11 is 6.08. The van der Waals surface area contributed by atoms with Crippen molar-refractivity contribution in [3.63, 3.8) is 0 Å². The van der Waals surface area contributed by atoms with Gasteiger partial charge in [-0.15, -0.1) is 0 Å². The fourth-order valence-corrected chi connectivity index (χ4v) is 1.87. The Labute approximate surface area is 113 Å². The zero-order valence-electron chi connectivity index (χ0n) is 9.62. The van der Waals surface area contributed by atoms with E-state index in [-0.39, 0.29) is 5.89 Å². The zero-order chi connectivity index (χ0) is 13.2. The van der Waals surface area contributed by atoms with E-state index in [1.165, 1.54) is 0 Å². The summed E-state index contributed by atoms with van der Waals surface area (Å²) in [6.45, 7) is 0. The second-order valence-electron chi connectivity index (χ2n) is 3.72. The highest BCUT2D eigenvalue weighted by molar-refractivity contribution is 6.33. The summed E-state index contributed by atoms with van der Waals surface area (Å²) in [5.41, 5.74) is 7.37. The van der Waals surface area contributed by atoms with Crippen LogP contribution in [-0.4, -0.2) is 20.1 Å². The van der Waals surface area contributed by atoms with Crippen LogP contribution in [0, 0.1) is 0 Å². The lowest BCUT2D eigenvalue weighted by molar-refractivity contribution is 0.432. The number of nitrogen functional groups attached to an aromatic ring is 1. The molecule has 0 atom stereocenters. The third-order valence-corrected chi connectivity index (χ3v) is 2.79. The van der Waals surface area contributed by atoms with Gasteiger partial charge in [0.05, 0.1) is 16.8 Å². The standard InChI is InChI=1S/C12H8ClN5O/c13-7-2-1-3-8(14)10(7)12-17-11(18-19-12)9-6-15-4-5-16-9/h1-6H,14H2. The largest absolute Gasteiger partial charge is 0.398 e. The molecule has 6 nitrogen and oxygen atoms in total. The van der Waals surface area contributed by atoms with Crippen molar-refractivity contribution < 1.29 is 4.52 Å². The van der Waals surface area contributed by atoms with Crippen LogP contribution in [0.3, 0.4) is 0 Å². The lowest BCUT2D eigenvalue weighted by Crippen LogP contribution is -1.91. The summed E-state index contributed by atoms with van der Waals surface area (Å²) in [7, 11) is 0. The molecule has 0 radical (unpaired) electrons. The van der Waals surface area contributed by atoms with Gasteiger partial charge in [0, 0.05) is 18.1 Å². The second kappa shape index (κ2) is 4.66. The molecule has 0 unspecified atom stereocenters. The topological polar surface area (TPSA) is 90.7 Å². The van der Waals surface area contributed by atoms with Gasteiger partial charge in [-0.25, -0.2) is 4.98 Å². The summed E-state index contributed by atoms with van der Waals surface area (Å²) in [4.78, 5) is 12.3. The second-order valence-corrected chi connectivity index (χ2v) is 4.13. The van der Waals surface area contributed by atoms with Gasteiger partial charge in [-0.05, 0) is 12.1 Å². The maximum absolute atomic E-state index is 6.08. The first-order chi connectivity index (χ1) is 9.25.